The fourth-order valence-corrected chi connectivity index (χ4v) is 1.96. The highest BCUT2D eigenvalue weighted by molar-refractivity contribution is 5.75. The van der Waals surface area contributed by atoms with Crippen molar-refractivity contribution >= 4 is 16.9 Å². The number of nitrogens with two attached hydrogens (primary N) is 1. The molecule has 3 rings (SSSR count). The van der Waals surface area contributed by atoms with Crippen molar-refractivity contribution in [3.8, 4) is 5.88 Å². The van der Waals surface area contributed by atoms with Gasteiger partial charge < -0.3 is 10.5 Å². The number of halogens is 3. The van der Waals surface area contributed by atoms with Crippen LogP contribution in [0.2, 0.25) is 0 Å². The number of fused-ring (bicyclic) bond motifs is 1. The Hall–Kier alpha value is -2.97. The Morgan fingerprint density at radius 2 is 1.78 bits per heavy atom. The molecule has 3 heterocycles. The number of nitrogen functional groups attached to an aromatic ring is 1. The quantitative estimate of drug-likeness (QED) is 0.798. The molecule has 0 aliphatic carbocycles. The molecular weight excluding hydrogens is 311 g/mol. The Kier molecular flexibility index (Phi) is 3.68. The number of ether oxygens (including phenoxy) is 1. The number of hydrogen-bond donors (Lipinski definition) is 1. The number of nitrogens with zero attached hydrogens (tertiary/aromatic N) is 4. The lowest BCUT2D eigenvalue weighted by molar-refractivity contribution is -0.198. The van der Waals surface area contributed by atoms with Crippen LogP contribution in [0.1, 0.15) is 11.7 Å². The molecule has 2 N–H and O–H groups in total. The van der Waals surface area contributed by atoms with Crippen LogP contribution < -0.4 is 10.5 Å². The molecule has 0 saturated carbocycles. The first-order valence-electron chi connectivity index (χ1n) is 6.45. The fourth-order valence-electron chi connectivity index (χ4n) is 1.96. The minimum Gasteiger partial charge on any atom is -0.457 e. The van der Waals surface area contributed by atoms with Gasteiger partial charge >= 0.3 is 6.18 Å². The maximum Gasteiger partial charge on any atom is 0.429 e. The standard InChI is InChI=1S/C14H10F3N5O/c15-14(16,17)11(8-2-1-4-19-6-8)23-13-12(18)21-9-3-5-20-7-10(9)22-13/h1-7,11H,(H2,18,21). The van der Waals surface area contributed by atoms with E-state index in [1.54, 1.807) is 6.07 Å². The Labute approximate surface area is 128 Å². The van der Waals surface area contributed by atoms with Crippen LogP contribution in [0.15, 0.2) is 43.0 Å². The highest BCUT2D eigenvalue weighted by atomic mass is 19.4. The van der Waals surface area contributed by atoms with E-state index in [9.17, 15) is 13.2 Å². The summed E-state index contributed by atoms with van der Waals surface area (Å²) < 4.78 is 44.9. The van der Waals surface area contributed by atoms with Crippen molar-refractivity contribution in [1.29, 1.82) is 0 Å². The maximum absolute atomic E-state index is 13.3. The van der Waals surface area contributed by atoms with Gasteiger partial charge in [0, 0.05) is 24.2 Å². The van der Waals surface area contributed by atoms with Gasteiger partial charge in [-0.15, -0.1) is 0 Å². The summed E-state index contributed by atoms with van der Waals surface area (Å²) in [5.74, 6) is -0.640. The SMILES string of the molecule is Nc1nc2ccncc2nc1OC(c1cccnc1)C(F)(F)F. The van der Waals surface area contributed by atoms with Crippen LogP contribution in [0.3, 0.4) is 0 Å². The predicted octanol–water partition coefficient (Wildman–Crippen LogP) is 2.68. The molecule has 118 valence electrons. The lowest BCUT2D eigenvalue weighted by Gasteiger charge is -2.21. The van der Waals surface area contributed by atoms with Crippen LogP contribution in [0.5, 0.6) is 5.88 Å². The molecule has 0 aromatic carbocycles. The minimum absolute atomic E-state index is 0.160. The molecule has 1 unspecified atom stereocenters. The zero-order valence-electron chi connectivity index (χ0n) is 11.5. The molecule has 0 radical (unpaired) electrons. The third-order valence-electron chi connectivity index (χ3n) is 2.97. The smallest absolute Gasteiger partial charge is 0.429 e. The summed E-state index contributed by atoms with van der Waals surface area (Å²) in [7, 11) is 0. The molecular formula is C14H10F3N5O. The third-order valence-corrected chi connectivity index (χ3v) is 2.97. The van der Waals surface area contributed by atoms with Crippen molar-refractivity contribution in [2.45, 2.75) is 12.3 Å². The van der Waals surface area contributed by atoms with E-state index in [0.717, 1.165) is 6.20 Å². The van der Waals surface area contributed by atoms with Gasteiger partial charge in [-0.2, -0.15) is 13.2 Å². The Morgan fingerprint density at radius 1 is 1.00 bits per heavy atom. The number of rotatable bonds is 3. The minimum atomic E-state index is -4.67. The monoisotopic (exact) mass is 321 g/mol. The van der Waals surface area contributed by atoms with Gasteiger partial charge in [-0.05, 0) is 12.1 Å². The van der Waals surface area contributed by atoms with E-state index in [1.165, 1.54) is 30.7 Å². The second-order valence-corrected chi connectivity index (χ2v) is 4.60. The topological polar surface area (TPSA) is 86.8 Å². The summed E-state index contributed by atoms with van der Waals surface area (Å²) >= 11 is 0. The molecule has 3 aromatic heterocycles. The molecule has 9 heteroatoms. The lowest BCUT2D eigenvalue weighted by Crippen LogP contribution is -2.27. The molecule has 23 heavy (non-hydrogen) atoms. The second-order valence-electron chi connectivity index (χ2n) is 4.60. The third kappa shape index (κ3) is 3.12. The molecule has 0 bridgehead atoms. The Morgan fingerprint density at radius 3 is 2.48 bits per heavy atom. The van der Waals surface area contributed by atoms with E-state index >= 15 is 0 Å². The van der Waals surface area contributed by atoms with Crippen molar-refractivity contribution in [2.24, 2.45) is 0 Å². The van der Waals surface area contributed by atoms with Crippen LogP contribution in [0, 0.1) is 0 Å². The molecule has 0 spiro atoms. The van der Waals surface area contributed by atoms with Crippen LogP contribution in [0.25, 0.3) is 11.0 Å². The van der Waals surface area contributed by atoms with E-state index < -0.39 is 18.2 Å². The highest BCUT2D eigenvalue weighted by Gasteiger charge is 2.44. The number of hydrogen-bond acceptors (Lipinski definition) is 6. The molecule has 0 aliphatic heterocycles. The van der Waals surface area contributed by atoms with Crippen molar-refractivity contribution in [2.75, 3.05) is 5.73 Å². The van der Waals surface area contributed by atoms with Crippen molar-refractivity contribution in [3.63, 3.8) is 0 Å². The van der Waals surface area contributed by atoms with Gasteiger partial charge in [0.05, 0.1) is 11.7 Å². The molecule has 6 nitrogen and oxygen atoms in total. The summed E-state index contributed by atoms with van der Waals surface area (Å²) in [4.78, 5) is 15.4. The normalized spacial score (nSPS) is 13.0. The van der Waals surface area contributed by atoms with Gasteiger partial charge in [0.1, 0.15) is 5.52 Å². The van der Waals surface area contributed by atoms with Gasteiger partial charge in [0.25, 0.3) is 5.88 Å². The van der Waals surface area contributed by atoms with Gasteiger partial charge in [-0.25, -0.2) is 9.97 Å². The summed E-state index contributed by atoms with van der Waals surface area (Å²) in [5.41, 5.74) is 6.19. The second kappa shape index (κ2) is 5.67. The van der Waals surface area contributed by atoms with Crippen molar-refractivity contribution in [3.05, 3.63) is 48.5 Å². The van der Waals surface area contributed by atoms with E-state index in [0.29, 0.717) is 5.52 Å². The number of anilines is 1. The largest absolute Gasteiger partial charge is 0.457 e. The summed E-state index contributed by atoms with van der Waals surface area (Å²) in [6, 6.07) is 4.19. The zero-order chi connectivity index (χ0) is 16.4. The molecule has 0 aliphatic rings. The van der Waals surface area contributed by atoms with Crippen LogP contribution in [0.4, 0.5) is 19.0 Å². The summed E-state index contributed by atoms with van der Waals surface area (Å²) in [5, 5.41) is 0. The van der Waals surface area contributed by atoms with Crippen LogP contribution in [-0.2, 0) is 0 Å². The predicted molar refractivity (Wildman–Crippen MR) is 75.4 cm³/mol. The molecule has 0 fully saturated rings. The molecule has 3 aromatic rings. The summed E-state index contributed by atoms with van der Waals surface area (Å²) in [6.45, 7) is 0. The van der Waals surface area contributed by atoms with Crippen LogP contribution >= 0.6 is 0 Å². The van der Waals surface area contributed by atoms with Crippen molar-refractivity contribution in [1.82, 2.24) is 19.9 Å². The van der Waals surface area contributed by atoms with Crippen LogP contribution in [-0.4, -0.2) is 26.1 Å². The number of aromatic nitrogens is 4. The maximum atomic E-state index is 13.3. The van der Waals surface area contributed by atoms with E-state index in [4.69, 9.17) is 10.5 Å². The van der Waals surface area contributed by atoms with Gasteiger partial charge in [-0.1, -0.05) is 6.07 Å². The summed E-state index contributed by atoms with van der Waals surface area (Å²) in [6.07, 6.45) is -1.63. The Balaban J connectivity index is 2.02. The van der Waals surface area contributed by atoms with Gasteiger partial charge in [0.2, 0.25) is 6.10 Å². The van der Waals surface area contributed by atoms with Gasteiger partial charge in [-0.3, -0.25) is 9.97 Å². The van der Waals surface area contributed by atoms with E-state index in [2.05, 4.69) is 19.9 Å². The van der Waals surface area contributed by atoms with E-state index in [1.807, 2.05) is 0 Å². The van der Waals surface area contributed by atoms with Gasteiger partial charge in [0.15, 0.2) is 5.82 Å². The first-order chi connectivity index (χ1) is 10.9. The van der Waals surface area contributed by atoms with E-state index in [-0.39, 0.29) is 16.9 Å². The molecule has 0 saturated heterocycles. The Bertz CT molecular complexity index is 826. The lowest BCUT2D eigenvalue weighted by atomic mass is 10.1. The molecule has 1 atom stereocenters. The zero-order valence-corrected chi connectivity index (χ0v) is 11.5. The number of pyridine rings is 2. The van der Waals surface area contributed by atoms with Crippen molar-refractivity contribution < 1.29 is 17.9 Å². The highest BCUT2D eigenvalue weighted by Crippen LogP contribution is 2.37. The first-order valence-corrected chi connectivity index (χ1v) is 6.45. The molecule has 0 amide bonds. The average Bonchev–Trinajstić information content (AvgIpc) is 2.52. The fraction of sp³-hybridized carbons (Fsp3) is 0.143. The number of alkyl halides is 3. The average molecular weight is 321 g/mol. The first kappa shape index (κ1) is 14.9.